The third kappa shape index (κ3) is 5.12. The lowest BCUT2D eigenvalue weighted by atomic mass is 10.1. The predicted molar refractivity (Wildman–Crippen MR) is 120 cm³/mol. The summed E-state index contributed by atoms with van der Waals surface area (Å²) in [5.74, 6) is -1.99. The van der Waals surface area contributed by atoms with E-state index in [2.05, 4.69) is 10.1 Å². The smallest absolute Gasteiger partial charge is 0.387 e. The Morgan fingerprint density at radius 2 is 1.82 bits per heavy atom. The van der Waals surface area contributed by atoms with Crippen molar-refractivity contribution in [1.82, 2.24) is 9.88 Å². The largest absolute Gasteiger partial charge is 0.495 e. The first-order valence-electron chi connectivity index (χ1n) is 10.0. The Kier molecular flexibility index (Phi) is 7.41. The quantitative estimate of drug-likeness (QED) is 0.489. The van der Waals surface area contributed by atoms with Crippen LogP contribution in [0.25, 0.3) is 10.9 Å². The van der Waals surface area contributed by atoms with Crippen molar-refractivity contribution in [3.8, 4) is 11.5 Å². The summed E-state index contributed by atoms with van der Waals surface area (Å²) in [5.41, 5.74) is 1.49. The summed E-state index contributed by atoms with van der Waals surface area (Å²) in [7, 11) is 1.42. The van der Waals surface area contributed by atoms with Crippen molar-refractivity contribution in [3.05, 3.63) is 58.2 Å². The lowest BCUT2D eigenvalue weighted by molar-refractivity contribution is -0.141. The second-order valence-electron chi connectivity index (χ2n) is 7.42. The molecule has 11 heteroatoms. The van der Waals surface area contributed by atoms with Gasteiger partial charge in [-0.2, -0.15) is 8.78 Å². The molecule has 1 amide bonds. The van der Waals surface area contributed by atoms with E-state index in [-0.39, 0.29) is 22.8 Å². The van der Waals surface area contributed by atoms with Crippen LogP contribution in [0.1, 0.15) is 28.5 Å². The molecule has 0 radical (unpaired) electrons. The van der Waals surface area contributed by atoms with Crippen LogP contribution in [-0.2, 0) is 16.0 Å². The van der Waals surface area contributed by atoms with Crippen LogP contribution >= 0.6 is 11.6 Å². The van der Waals surface area contributed by atoms with E-state index >= 15 is 0 Å². The third-order valence-electron chi connectivity index (χ3n) is 5.22. The van der Waals surface area contributed by atoms with Gasteiger partial charge in [0, 0.05) is 16.6 Å². The molecule has 1 atom stereocenters. The number of aliphatic carboxylic acids is 1. The zero-order valence-electron chi connectivity index (χ0n) is 18.4. The molecular formula is C23H21ClF2N2O6. The van der Waals surface area contributed by atoms with E-state index < -0.39 is 30.4 Å². The van der Waals surface area contributed by atoms with Gasteiger partial charge < -0.3 is 19.9 Å². The van der Waals surface area contributed by atoms with Gasteiger partial charge in [0.25, 0.3) is 5.91 Å². The van der Waals surface area contributed by atoms with E-state index in [9.17, 15) is 23.2 Å². The molecule has 0 saturated carbocycles. The lowest BCUT2D eigenvalue weighted by Gasteiger charge is -2.10. The Bertz CT molecular complexity index is 1260. The molecule has 0 saturated heterocycles. The molecule has 1 unspecified atom stereocenters. The molecule has 0 spiro atoms. The molecule has 3 aromatic rings. The highest BCUT2D eigenvalue weighted by molar-refractivity contribution is 6.33. The molecule has 34 heavy (non-hydrogen) atoms. The molecule has 0 aliphatic heterocycles. The number of carbonyl (C=O) groups is 3. The minimum absolute atomic E-state index is 0.0988. The average molecular weight is 495 g/mol. The number of halogens is 3. The van der Waals surface area contributed by atoms with Gasteiger partial charge in [0.2, 0.25) is 5.91 Å². The van der Waals surface area contributed by atoms with E-state index in [0.29, 0.717) is 27.9 Å². The van der Waals surface area contributed by atoms with Crippen molar-refractivity contribution in [1.29, 1.82) is 0 Å². The van der Waals surface area contributed by atoms with Crippen molar-refractivity contribution in [2.45, 2.75) is 32.9 Å². The second-order valence-corrected chi connectivity index (χ2v) is 7.82. The Hall–Kier alpha value is -3.66. The first kappa shape index (κ1) is 25.0. The highest BCUT2D eigenvalue weighted by atomic mass is 35.5. The van der Waals surface area contributed by atoms with Crippen molar-refractivity contribution in [2.24, 2.45) is 0 Å². The van der Waals surface area contributed by atoms with E-state index in [0.717, 1.165) is 0 Å². The van der Waals surface area contributed by atoms with Crippen LogP contribution in [0.4, 0.5) is 8.78 Å². The van der Waals surface area contributed by atoms with E-state index in [1.54, 1.807) is 13.0 Å². The van der Waals surface area contributed by atoms with Crippen molar-refractivity contribution in [3.63, 3.8) is 0 Å². The fraction of sp³-hybridized carbons (Fsp3) is 0.261. The first-order chi connectivity index (χ1) is 16.0. The minimum Gasteiger partial charge on any atom is -0.495 e. The fourth-order valence-corrected chi connectivity index (χ4v) is 3.78. The number of nitrogens with zero attached hydrogens (tertiary/aromatic N) is 1. The third-order valence-corrected chi connectivity index (χ3v) is 5.52. The van der Waals surface area contributed by atoms with Gasteiger partial charge >= 0.3 is 12.6 Å². The molecule has 0 bridgehead atoms. The summed E-state index contributed by atoms with van der Waals surface area (Å²) in [5, 5.41) is 12.2. The number of carboxylic acids is 1. The van der Waals surface area contributed by atoms with Crippen molar-refractivity contribution < 1.29 is 37.7 Å². The molecule has 8 nitrogen and oxygen atoms in total. The van der Waals surface area contributed by atoms with Gasteiger partial charge in [-0.25, -0.2) is 0 Å². The molecule has 180 valence electrons. The molecular weight excluding hydrogens is 474 g/mol. The number of carbonyl (C=O) groups excluding carboxylic acids is 2. The predicted octanol–water partition coefficient (Wildman–Crippen LogP) is 4.03. The number of ether oxygens (including phenoxy) is 2. The highest BCUT2D eigenvalue weighted by Gasteiger charge is 2.24. The number of benzene rings is 2. The van der Waals surface area contributed by atoms with Crippen molar-refractivity contribution >= 4 is 40.3 Å². The zero-order chi connectivity index (χ0) is 25.2. The second kappa shape index (κ2) is 10.1. The Morgan fingerprint density at radius 3 is 2.38 bits per heavy atom. The number of aromatic nitrogens is 1. The maximum Gasteiger partial charge on any atom is 0.387 e. The SMILES string of the molecule is COc1cc2c(CC(=O)NC(C)C(=O)O)c(C)n(C(=O)c3ccc(OC(F)F)cc3)c2cc1Cl. The number of hydrogen-bond donors (Lipinski definition) is 2. The minimum atomic E-state index is -2.99. The van der Waals surface area contributed by atoms with Crippen LogP contribution < -0.4 is 14.8 Å². The summed E-state index contributed by atoms with van der Waals surface area (Å²) in [6.07, 6.45) is -0.202. The van der Waals surface area contributed by atoms with Gasteiger partial charge in [-0.1, -0.05) is 11.6 Å². The molecule has 3 rings (SSSR count). The van der Waals surface area contributed by atoms with E-state index in [1.807, 2.05) is 0 Å². The van der Waals surface area contributed by atoms with Crippen molar-refractivity contribution in [2.75, 3.05) is 7.11 Å². The maximum absolute atomic E-state index is 13.4. The van der Waals surface area contributed by atoms with Crippen LogP contribution in [0.3, 0.4) is 0 Å². The molecule has 1 aromatic heterocycles. The summed E-state index contributed by atoms with van der Waals surface area (Å²) in [6.45, 7) is -0.0215. The molecule has 0 aliphatic carbocycles. The van der Waals surface area contributed by atoms with Crippen LogP contribution in [0.5, 0.6) is 11.5 Å². The summed E-state index contributed by atoms with van der Waals surface area (Å²) in [4.78, 5) is 37.0. The molecule has 0 aliphatic rings. The standard InChI is InChI=1S/C23H21ClF2N2O6/c1-11(22(31)32)27-20(29)9-15-12(2)28(18-10-17(24)19(33-3)8-16(15)18)21(30)13-4-6-14(7-5-13)34-23(25)26/h4-8,10-11,23H,9H2,1-3H3,(H,27,29)(H,31,32). The van der Waals surface area contributed by atoms with Gasteiger partial charge in [0.05, 0.1) is 24.1 Å². The molecule has 2 aromatic carbocycles. The van der Waals surface area contributed by atoms with Gasteiger partial charge in [-0.3, -0.25) is 19.0 Å². The van der Waals surface area contributed by atoms with Gasteiger partial charge in [0.1, 0.15) is 17.5 Å². The van der Waals surface area contributed by atoms with E-state index in [1.165, 1.54) is 48.9 Å². The van der Waals surface area contributed by atoms with Crippen LogP contribution in [0, 0.1) is 6.92 Å². The average Bonchev–Trinajstić information content (AvgIpc) is 3.02. The number of fused-ring (bicyclic) bond motifs is 1. The summed E-state index contributed by atoms with van der Waals surface area (Å²) < 4.78 is 35.8. The van der Waals surface area contributed by atoms with Gasteiger partial charge in [-0.05, 0) is 55.8 Å². The Morgan fingerprint density at radius 1 is 1.18 bits per heavy atom. The molecule has 0 fully saturated rings. The summed E-state index contributed by atoms with van der Waals surface area (Å²) >= 11 is 6.28. The monoisotopic (exact) mass is 494 g/mol. The maximum atomic E-state index is 13.4. The zero-order valence-corrected chi connectivity index (χ0v) is 19.2. The Balaban J connectivity index is 2.08. The van der Waals surface area contributed by atoms with Gasteiger partial charge in [0.15, 0.2) is 0 Å². The number of nitrogens with one attached hydrogen (secondary N) is 1. The molecule has 1 heterocycles. The Labute approximate surface area is 198 Å². The number of amides is 1. The number of alkyl halides is 2. The van der Waals surface area contributed by atoms with E-state index in [4.69, 9.17) is 21.4 Å². The van der Waals surface area contributed by atoms with Crippen LogP contribution in [0.2, 0.25) is 5.02 Å². The summed E-state index contributed by atoms with van der Waals surface area (Å²) in [6, 6.07) is 7.21. The fourth-order valence-electron chi connectivity index (χ4n) is 3.54. The normalized spacial score (nSPS) is 12.0. The number of hydrogen-bond acceptors (Lipinski definition) is 5. The topological polar surface area (TPSA) is 107 Å². The number of carboxylic acid groups (broad SMARTS) is 1. The van der Waals surface area contributed by atoms with Gasteiger partial charge in [-0.15, -0.1) is 0 Å². The first-order valence-corrected chi connectivity index (χ1v) is 10.4. The van der Waals surface area contributed by atoms with Crippen LogP contribution in [0.15, 0.2) is 36.4 Å². The highest BCUT2D eigenvalue weighted by Crippen LogP contribution is 2.35. The number of methoxy groups -OCH3 is 1. The van der Waals surface area contributed by atoms with Crippen LogP contribution in [-0.4, -0.2) is 47.2 Å². The number of rotatable bonds is 8. The lowest BCUT2D eigenvalue weighted by Crippen LogP contribution is -2.39. The molecule has 2 N–H and O–H groups in total.